The largest absolute Gasteiger partial charge is 0.493 e. The first-order valence-corrected chi connectivity index (χ1v) is 8.03. The topological polar surface area (TPSA) is 59.0 Å². The van der Waals surface area contributed by atoms with E-state index in [-0.39, 0.29) is 0 Å². The number of nitrogens with zero attached hydrogens (tertiary/aromatic N) is 1. The van der Waals surface area contributed by atoms with Gasteiger partial charge in [0.25, 0.3) is 0 Å². The average molecular weight is 370 g/mol. The van der Waals surface area contributed by atoms with Crippen LogP contribution in [0.5, 0.6) is 11.5 Å². The summed E-state index contributed by atoms with van der Waals surface area (Å²) in [5.74, 6) is 0.158. The van der Waals surface area contributed by atoms with Crippen LogP contribution < -0.4 is 9.47 Å². The zero-order valence-electron chi connectivity index (χ0n) is 12.5. The third kappa shape index (κ3) is 4.74. The van der Waals surface area contributed by atoms with Gasteiger partial charge in [-0.1, -0.05) is 15.9 Å². The predicted octanol–water partition coefficient (Wildman–Crippen LogP) is 3.03. The Bertz CT molecular complexity index is 553. The molecule has 0 aliphatic carbocycles. The van der Waals surface area contributed by atoms with E-state index in [1.54, 1.807) is 7.11 Å². The molecule has 1 aromatic carbocycles. The summed E-state index contributed by atoms with van der Waals surface area (Å²) in [6, 6.07) is 3.62. The monoisotopic (exact) mass is 369 g/mol. The van der Waals surface area contributed by atoms with E-state index in [4.69, 9.17) is 14.6 Å². The van der Waals surface area contributed by atoms with Crippen molar-refractivity contribution in [1.29, 1.82) is 0 Å². The zero-order valence-corrected chi connectivity index (χ0v) is 14.1. The van der Waals surface area contributed by atoms with Crippen LogP contribution in [0.1, 0.15) is 18.4 Å². The molecule has 1 fully saturated rings. The number of likely N-dealkylation sites (tertiary alicyclic amines) is 1. The minimum atomic E-state index is -0.998. The summed E-state index contributed by atoms with van der Waals surface area (Å²) in [4.78, 5) is 13.1. The highest BCUT2D eigenvalue weighted by Crippen LogP contribution is 2.35. The van der Waals surface area contributed by atoms with Crippen molar-refractivity contribution in [2.75, 3.05) is 33.4 Å². The van der Waals surface area contributed by atoms with Gasteiger partial charge in [-0.05, 0) is 44.1 Å². The van der Waals surface area contributed by atoms with Gasteiger partial charge in [-0.15, -0.1) is 0 Å². The lowest BCUT2D eigenvalue weighted by Crippen LogP contribution is -2.25. The van der Waals surface area contributed by atoms with Gasteiger partial charge in [-0.25, -0.2) is 4.79 Å². The number of ether oxygens (including phenoxy) is 2. The zero-order chi connectivity index (χ0) is 15.9. The second kappa shape index (κ2) is 8.19. The van der Waals surface area contributed by atoms with Crippen molar-refractivity contribution >= 4 is 28.0 Å². The second-order valence-electron chi connectivity index (χ2n) is 5.10. The second-order valence-corrected chi connectivity index (χ2v) is 6.01. The predicted molar refractivity (Wildman–Crippen MR) is 88.5 cm³/mol. The van der Waals surface area contributed by atoms with Gasteiger partial charge in [-0.3, -0.25) is 4.90 Å². The molecule has 0 aromatic heterocycles. The number of hydrogen-bond donors (Lipinski definition) is 1. The Hall–Kier alpha value is -1.53. The summed E-state index contributed by atoms with van der Waals surface area (Å²) < 4.78 is 12.0. The molecule has 5 nitrogen and oxygen atoms in total. The molecule has 22 heavy (non-hydrogen) atoms. The summed E-state index contributed by atoms with van der Waals surface area (Å²) in [5.41, 5.74) is 0.676. The molecule has 2 rings (SSSR count). The first kappa shape index (κ1) is 16.8. The van der Waals surface area contributed by atoms with Crippen LogP contribution in [-0.2, 0) is 4.79 Å². The Morgan fingerprint density at radius 1 is 1.41 bits per heavy atom. The summed E-state index contributed by atoms with van der Waals surface area (Å²) in [7, 11) is 1.57. The van der Waals surface area contributed by atoms with Gasteiger partial charge >= 0.3 is 5.97 Å². The Labute approximate surface area is 138 Å². The fraction of sp³-hybridized carbons (Fsp3) is 0.438. The number of carbonyl (C=O) groups is 1. The van der Waals surface area contributed by atoms with Crippen LogP contribution in [0.2, 0.25) is 0 Å². The average Bonchev–Trinajstić information content (AvgIpc) is 2.99. The van der Waals surface area contributed by atoms with Gasteiger partial charge in [0.05, 0.1) is 7.11 Å². The smallest absolute Gasteiger partial charge is 0.328 e. The maximum absolute atomic E-state index is 10.7. The Balaban J connectivity index is 2.12. The molecule has 0 spiro atoms. The number of carboxylic acids is 1. The number of carboxylic acid groups (broad SMARTS) is 1. The molecule has 120 valence electrons. The van der Waals surface area contributed by atoms with Crippen molar-refractivity contribution < 1.29 is 19.4 Å². The lowest BCUT2D eigenvalue weighted by Gasteiger charge is -2.18. The van der Waals surface area contributed by atoms with Crippen molar-refractivity contribution in [3.05, 3.63) is 28.2 Å². The molecule has 0 amide bonds. The van der Waals surface area contributed by atoms with Crippen molar-refractivity contribution in [2.45, 2.75) is 12.8 Å². The third-order valence-electron chi connectivity index (χ3n) is 3.53. The minimum absolute atomic E-state index is 0.548. The fourth-order valence-electron chi connectivity index (χ4n) is 2.46. The number of halogens is 1. The quantitative estimate of drug-likeness (QED) is 0.748. The molecule has 1 aliphatic heterocycles. The number of hydrogen-bond acceptors (Lipinski definition) is 4. The van der Waals surface area contributed by atoms with E-state index in [0.717, 1.165) is 30.2 Å². The fourth-order valence-corrected chi connectivity index (χ4v) is 2.92. The summed E-state index contributed by atoms with van der Waals surface area (Å²) in [6.45, 7) is 3.65. The number of benzene rings is 1. The first-order valence-electron chi connectivity index (χ1n) is 7.24. The Kier molecular flexibility index (Phi) is 6.27. The van der Waals surface area contributed by atoms with Crippen molar-refractivity contribution in [3.8, 4) is 11.5 Å². The number of aliphatic carboxylic acids is 1. The van der Waals surface area contributed by atoms with Crippen LogP contribution in [-0.4, -0.2) is 49.3 Å². The highest BCUT2D eigenvalue weighted by molar-refractivity contribution is 9.10. The van der Waals surface area contributed by atoms with E-state index in [1.165, 1.54) is 18.9 Å². The van der Waals surface area contributed by atoms with Crippen molar-refractivity contribution in [1.82, 2.24) is 4.90 Å². The normalized spacial score (nSPS) is 15.4. The van der Waals surface area contributed by atoms with E-state index in [2.05, 4.69) is 20.8 Å². The third-order valence-corrected chi connectivity index (χ3v) is 3.98. The van der Waals surface area contributed by atoms with Crippen molar-refractivity contribution in [2.24, 2.45) is 0 Å². The maximum Gasteiger partial charge on any atom is 0.328 e. The van der Waals surface area contributed by atoms with Gasteiger partial charge < -0.3 is 14.6 Å². The number of rotatable bonds is 7. The van der Waals surface area contributed by atoms with E-state index < -0.39 is 5.97 Å². The highest BCUT2D eigenvalue weighted by Gasteiger charge is 2.14. The van der Waals surface area contributed by atoms with E-state index in [9.17, 15) is 4.79 Å². The highest BCUT2D eigenvalue weighted by atomic mass is 79.9. The molecule has 1 aromatic rings. The van der Waals surface area contributed by atoms with Crippen LogP contribution in [0.4, 0.5) is 0 Å². The molecule has 1 saturated heterocycles. The standard InChI is InChI=1S/C16H20BrNO4/c1-21-14-11-13(17)10-12(4-5-15(19)20)16(14)22-9-8-18-6-2-3-7-18/h4-5,10-11H,2-3,6-9H2,1H3,(H,19,20). The van der Waals surface area contributed by atoms with Gasteiger partial charge in [0.15, 0.2) is 11.5 Å². The molecule has 1 heterocycles. The molecule has 1 aliphatic rings. The lowest BCUT2D eigenvalue weighted by atomic mass is 10.1. The molecule has 1 N–H and O–H groups in total. The van der Waals surface area contributed by atoms with Gasteiger partial charge in [-0.2, -0.15) is 0 Å². The van der Waals surface area contributed by atoms with E-state index in [1.807, 2.05) is 12.1 Å². The summed E-state index contributed by atoms with van der Waals surface area (Å²) in [5, 5.41) is 8.80. The molecule has 0 atom stereocenters. The maximum atomic E-state index is 10.7. The van der Waals surface area contributed by atoms with Crippen LogP contribution in [0, 0.1) is 0 Å². The Morgan fingerprint density at radius 3 is 2.77 bits per heavy atom. The number of methoxy groups -OCH3 is 1. The Morgan fingerprint density at radius 2 is 2.14 bits per heavy atom. The lowest BCUT2D eigenvalue weighted by molar-refractivity contribution is -0.131. The van der Waals surface area contributed by atoms with Crippen LogP contribution in [0.3, 0.4) is 0 Å². The summed E-state index contributed by atoms with van der Waals surface area (Å²) in [6.07, 6.45) is 5.09. The van der Waals surface area contributed by atoms with Gasteiger partial charge in [0.2, 0.25) is 0 Å². The van der Waals surface area contributed by atoms with Crippen LogP contribution >= 0.6 is 15.9 Å². The molecule has 0 bridgehead atoms. The van der Waals surface area contributed by atoms with Gasteiger partial charge in [0.1, 0.15) is 6.61 Å². The first-order chi connectivity index (χ1) is 10.6. The van der Waals surface area contributed by atoms with Gasteiger partial charge in [0, 0.05) is 22.7 Å². The van der Waals surface area contributed by atoms with Crippen LogP contribution in [0.15, 0.2) is 22.7 Å². The summed E-state index contributed by atoms with van der Waals surface area (Å²) >= 11 is 3.39. The molecule has 6 heteroatoms. The molecule has 0 saturated carbocycles. The van der Waals surface area contributed by atoms with Crippen molar-refractivity contribution in [3.63, 3.8) is 0 Å². The SMILES string of the molecule is COc1cc(Br)cc(C=CC(=O)O)c1OCCN1CCCC1. The molecule has 0 radical (unpaired) electrons. The van der Waals surface area contributed by atoms with E-state index >= 15 is 0 Å². The van der Waals surface area contributed by atoms with E-state index in [0.29, 0.717) is 23.7 Å². The molecule has 0 unspecified atom stereocenters. The molecular weight excluding hydrogens is 350 g/mol. The molecular formula is C16H20BrNO4. The minimum Gasteiger partial charge on any atom is -0.493 e. The van der Waals surface area contributed by atoms with Crippen LogP contribution in [0.25, 0.3) is 6.08 Å².